The Morgan fingerprint density at radius 1 is 0.769 bits per heavy atom. The van der Waals surface area contributed by atoms with E-state index in [-0.39, 0.29) is 27.2 Å². The molecule has 0 aliphatic heterocycles. The maximum atomic E-state index is 12.4. The third kappa shape index (κ3) is 6.99. The van der Waals surface area contributed by atoms with E-state index in [0.717, 1.165) is 18.6 Å². The summed E-state index contributed by atoms with van der Waals surface area (Å²) in [4.78, 5) is 24.9. The molecule has 0 aromatic heterocycles. The Hall–Kier alpha value is -0.940. The van der Waals surface area contributed by atoms with E-state index in [0.29, 0.717) is 0 Å². The predicted molar refractivity (Wildman–Crippen MR) is 108 cm³/mol. The molecule has 0 spiro atoms. The van der Waals surface area contributed by atoms with Crippen LogP contribution in [0.2, 0.25) is 0 Å². The first-order chi connectivity index (χ1) is 12.6. The summed E-state index contributed by atoms with van der Waals surface area (Å²) in [6.07, 6.45) is 12.6. The zero-order chi connectivity index (χ0) is 19.4. The number of methoxy groups -OCH3 is 2. The Balaban J connectivity index is 2.28. The van der Waals surface area contributed by atoms with Gasteiger partial charge in [-0.25, -0.2) is 0 Å². The molecule has 1 aliphatic rings. The number of carbonyl (C=O) groups excluding carboxylic acids is 2. The van der Waals surface area contributed by atoms with E-state index in [1.165, 1.54) is 77.3 Å². The van der Waals surface area contributed by atoms with Crippen LogP contribution in [0.3, 0.4) is 0 Å². The normalized spacial score (nSPS) is 15.1. The summed E-state index contributed by atoms with van der Waals surface area (Å²) in [5.74, 6) is -0.277. The maximum Gasteiger partial charge on any atom is 0.244 e. The molecule has 0 aromatic carbocycles. The summed E-state index contributed by atoms with van der Waals surface area (Å²) >= 11 is 7.41. The van der Waals surface area contributed by atoms with Gasteiger partial charge in [0, 0.05) is 0 Å². The lowest BCUT2D eigenvalue weighted by molar-refractivity contribution is -0.120. The molecule has 0 aromatic rings. The minimum Gasteiger partial charge on any atom is -0.489 e. The molecular formula is C20H31ClO4S. The monoisotopic (exact) mass is 402 g/mol. The van der Waals surface area contributed by atoms with Crippen molar-refractivity contribution in [2.45, 2.75) is 71.1 Å². The molecule has 4 nitrogen and oxygen atoms in total. The average Bonchev–Trinajstić information content (AvgIpc) is 2.64. The number of Topliss-reactive ketones (excluding diaryl/α,β-unsaturated/α-hetero) is 2. The van der Waals surface area contributed by atoms with Gasteiger partial charge in [0.05, 0.1) is 19.1 Å². The van der Waals surface area contributed by atoms with Crippen LogP contribution in [0.1, 0.15) is 71.1 Å². The fraction of sp³-hybridized carbons (Fsp3) is 0.700. The Labute approximate surface area is 166 Å². The minimum atomic E-state index is -0.490. The molecule has 0 saturated heterocycles. The number of thioether (sulfide) groups is 1. The summed E-state index contributed by atoms with van der Waals surface area (Å²) < 4.78 is 10.0. The third-order valence-corrected chi connectivity index (χ3v) is 6.02. The van der Waals surface area contributed by atoms with E-state index in [1.54, 1.807) is 0 Å². The molecular weight excluding hydrogens is 372 g/mol. The molecule has 0 heterocycles. The Morgan fingerprint density at radius 2 is 1.23 bits per heavy atom. The number of hydrogen-bond acceptors (Lipinski definition) is 5. The lowest BCUT2D eigenvalue weighted by atomic mass is 10.1. The minimum absolute atomic E-state index is 0.0625. The fourth-order valence-electron chi connectivity index (χ4n) is 2.88. The zero-order valence-corrected chi connectivity index (χ0v) is 17.8. The van der Waals surface area contributed by atoms with Gasteiger partial charge in [-0.1, -0.05) is 76.3 Å². The van der Waals surface area contributed by atoms with Crippen LogP contribution in [0.25, 0.3) is 0 Å². The third-order valence-electron chi connectivity index (χ3n) is 4.38. The molecule has 0 radical (unpaired) electrons. The van der Waals surface area contributed by atoms with Crippen molar-refractivity contribution in [2.24, 2.45) is 0 Å². The molecule has 1 rings (SSSR count). The Kier molecular flexibility index (Phi) is 11.8. The zero-order valence-electron chi connectivity index (χ0n) is 16.2. The van der Waals surface area contributed by atoms with Crippen LogP contribution in [0.5, 0.6) is 0 Å². The van der Waals surface area contributed by atoms with Crippen LogP contribution < -0.4 is 0 Å². The Morgan fingerprint density at radius 3 is 1.73 bits per heavy atom. The van der Waals surface area contributed by atoms with Gasteiger partial charge in [0.1, 0.15) is 5.03 Å². The summed E-state index contributed by atoms with van der Waals surface area (Å²) in [6.45, 7) is 2.24. The topological polar surface area (TPSA) is 52.6 Å². The lowest BCUT2D eigenvalue weighted by Gasteiger charge is -2.18. The number of halogens is 1. The van der Waals surface area contributed by atoms with Crippen LogP contribution in [0.4, 0.5) is 0 Å². The van der Waals surface area contributed by atoms with Crippen molar-refractivity contribution in [3.63, 3.8) is 0 Å². The number of unbranched alkanes of at least 4 members (excludes halogenated alkanes) is 9. The molecule has 0 amide bonds. The van der Waals surface area contributed by atoms with Crippen LogP contribution >= 0.6 is 23.4 Å². The van der Waals surface area contributed by atoms with Crippen molar-refractivity contribution < 1.29 is 19.1 Å². The van der Waals surface area contributed by atoms with Gasteiger partial charge < -0.3 is 9.47 Å². The molecule has 0 atom stereocenters. The van der Waals surface area contributed by atoms with Gasteiger partial charge >= 0.3 is 0 Å². The molecule has 0 fully saturated rings. The van der Waals surface area contributed by atoms with E-state index < -0.39 is 5.78 Å². The lowest BCUT2D eigenvalue weighted by Crippen LogP contribution is -2.23. The van der Waals surface area contributed by atoms with Gasteiger partial charge in [-0.2, -0.15) is 0 Å². The largest absolute Gasteiger partial charge is 0.489 e. The predicted octanol–water partition coefficient (Wildman–Crippen LogP) is 5.75. The molecule has 26 heavy (non-hydrogen) atoms. The van der Waals surface area contributed by atoms with Gasteiger partial charge in [0.25, 0.3) is 0 Å². The number of ketones is 2. The SMILES string of the molecule is CCCCCCCCCCCCSC1=C(Cl)C(=O)C(OC)=C(OC)C1=O. The molecule has 0 bridgehead atoms. The molecule has 0 unspecified atom stereocenters. The first-order valence-electron chi connectivity index (χ1n) is 9.52. The van der Waals surface area contributed by atoms with Gasteiger partial charge in [-0.3, -0.25) is 9.59 Å². The molecule has 6 heteroatoms. The molecule has 0 N–H and O–H groups in total. The van der Waals surface area contributed by atoms with Crippen molar-refractivity contribution in [1.82, 2.24) is 0 Å². The van der Waals surface area contributed by atoms with E-state index in [4.69, 9.17) is 21.1 Å². The quantitative estimate of drug-likeness (QED) is 0.273. The highest BCUT2D eigenvalue weighted by Gasteiger charge is 2.36. The van der Waals surface area contributed by atoms with Crippen LogP contribution in [-0.2, 0) is 19.1 Å². The molecule has 1 aliphatic carbocycles. The van der Waals surface area contributed by atoms with Crippen molar-refractivity contribution in [1.29, 1.82) is 0 Å². The second-order valence-electron chi connectivity index (χ2n) is 6.40. The highest BCUT2D eigenvalue weighted by atomic mass is 35.5. The highest BCUT2D eigenvalue weighted by molar-refractivity contribution is 8.04. The molecule has 0 saturated carbocycles. The van der Waals surface area contributed by atoms with Crippen LogP contribution in [0.15, 0.2) is 21.5 Å². The molecule has 148 valence electrons. The fourth-order valence-corrected chi connectivity index (χ4v) is 4.21. The average molecular weight is 403 g/mol. The highest BCUT2D eigenvalue weighted by Crippen LogP contribution is 2.34. The Bertz CT molecular complexity index is 540. The number of allylic oxidation sites excluding steroid dienone is 2. The van der Waals surface area contributed by atoms with Gasteiger partial charge in [-0.05, 0) is 12.2 Å². The number of hydrogen-bond donors (Lipinski definition) is 0. The summed E-state index contributed by atoms with van der Waals surface area (Å²) in [7, 11) is 2.68. The van der Waals surface area contributed by atoms with Crippen LogP contribution in [-0.4, -0.2) is 31.5 Å². The van der Waals surface area contributed by atoms with Crippen LogP contribution in [0, 0.1) is 0 Å². The second-order valence-corrected chi connectivity index (χ2v) is 7.88. The number of ether oxygens (including phenoxy) is 2. The van der Waals surface area contributed by atoms with E-state index in [1.807, 2.05) is 0 Å². The van der Waals surface area contributed by atoms with Gasteiger partial charge in [-0.15, -0.1) is 11.8 Å². The van der Waals surface area contributed by atoms with Gasteiger partial charge in [0.15, 0.2) is 0 Å². The van der Waals surface area contributed by atoms with Crippen molar-refractivity contribution in [2.75, 3.05) is 20.0 Å². The standard InChI is InChI=1S/C20H31ClO4S/c1-4-5-6-7-8-9-10-11-12-13-14-26-20-15(21)16(22)18(24-2)19(25-3)17(20)23/h4-14H2,1-3H3. The van der Waals surface area contributed by atoms with Gasteiger partial charge in [0.2, 0.25) is 23.1 Å². The first-order valence-corrected chi connectivity index (χ1v) is 10.9. The summed E-state index contributed by atoms with van der Waals surface area (Å²) in [6, 6.07) is 0. The van der Waals surface area contributed by atoms with E-state index in [9.17, 15) is 9.59 Å². The maximum absolute atomic E-state index is 12.4. The van der Waals surface area contributed by atoms with Crippen molar-refractivity contribution in [3.8, 4) is 0 Å². The summed E-state index contributed by atoms with van der Waals surface area (Å²) in [5.41, 5.74) is 0. The van der Waals surface area contributed by atoms with E-state index >= 15 is 0 Å². The second kappa shape index (κ2) is 13.3. The number of carbonyl (C=O) groups is 2. The first kappa shape index (κ1) is 23.1. The number of rotatable bonds is 14. The van der Waals surface area contributed by atoms with Crippen molar-refractivity contribution >= 4 is 34.9 Å². The smallest absolute Gasteiger partial charge is 0.244 e. The van der Waals surface area contributed by atoms with Crippen molar-refractivity contribution in [3.05, 3.63) is 21.5 Å². The van der Waals surface area contributed by atoms with E-state index in [2.05, 4.69) is 6.92 Å². The summed E-state index contributed by atoms with van der Waals surface area (Å²) in [5, 5.41) is -0.0651.